The predicted molar refractivity (Wildman–Crippen MR) is 79.6 cm³/mol. The number of amides is 1. The van der Waals surface area contributed by atoms with Gasteiger partial charge >= 0.3 is 5.97 Å². The normalized spacial score (nSPS) is 22.9. The zero-order valence-electron chi connectivity index (χ0n) is 11.5. The van der Waals surface area contributed by atoms with Crippen molar-refractivity contribution in [2.24, 2.45) is 5.92 Å². The number of nitrogens with one attached hydrogen (secondary N) is 1. The Morgan fingerprint density at radius 3 is 2.80 bits per heavy atom. The van der Waals surface area contributed by atoms with Crippen LogP contribution in [-0.2, 0) is 9.59 Å². The number of rotatable bonds is 4. The maximum atomic E-state index is 11.9. The van der Waals surface area contributed by atoms with Crippen molar-refractivity contribution in [3.05, 3.63) is 28.0 Å². The third-order valence-corrected chi connectivity index (χ3v) is 4.68. The first-order chi connectivity index (χ1) is 9.58. The zero-order valence-corrected chi connectivity index (χ0v) is 12.3. The van der Waals surface area contributed by atoms with Crippen molar-refractivity contribution in [1.82, 2.24) is 5.32 Å². The Morgan fingerprint density at radius 1 is 1.40 bits per heavy atom. The zero-order chi connectivity index (χ0) is 14.5. The fourth-order valence-electron chi connectivity index (χ4n) is 2.54. The van der Waals surface area contributed by atoms with Gasteiger partial charge in [-0.1, -0.05) is 12.8 Å². The van der Waals surface area contributed by atoms with Gasteiger partial charge in [0.15, 0.2) is 0 Å². The second kappa shape index (κ2) is 6.70. The van der Waals surface area contributed by atoms with Crippen LogP contribution in [0.4, 0.5) is 0 Å². The number of carbonyl (C=O) groups excluding carboxylic acids is 1. The molecule has 2 rings (SSSR count). The Hall–Kier alpha value is -1.62. The molecular formula is C15H19NO3S. The second-order valence-electron chi connectivity index (χ2n) is 5.15. The average molecular weight is 293 g/mol. The van der Waals surface area contributed by atoms with Crippen molar-refractivity contribution in [3.63, 3.8) is 0 Å². The maximum absolute atomic E-state index is 11.9. The number of carboxylic acids is 1. The van der Waals surface area contributed by atoms with Gasteiger partial charge in [0.05, 0.1) is 5.92 Å². The third-order valence-electron chi connectivity index (χ3n) is 3.70. The van der Waals surface area contributed by atoms with Crippen LogP contribution in [0.15, 0.2) is 17.5 Å². The Balaban J connectivity index is 1.95. The van der Waals surface area contributed by atoms with Crippen LogP contribution in [0.1, 0.15) is 36.1 Å². The third kappa shape index (κ3) is 3.70. The van der Waals surface area contributed by atoms with Crippen molar-refractivity contribution in [3.8, 4) is 0 Å². The van der Waals surface area contributed by atoms with Crippen LogP contribution >= 0.6 is 11.3 Å². The number of aryl methyl sites for hydroxylation is 1. The smallest absolute Gasteiger partial charge is 0.308 e. The molecule has 1 amide bonds. The Morgan fingerprint density at radius 2 is 2.15 bits per heavy atom. The average Bonchev–Trinajstić information content (AvgIpc) is 2.82. The fraction of sp³-hybridized carbons (Fsp3) is 0.467. The molecule has 0 spiro atoms. The van der Waals surface area contributed by atoms with E-state index in [1.165, 1.54) is 6.08 Å². The molecule has 0 bridgehead atoms. The fourth-order valence-corrected chi connectivity index (χ4v) is 3.36. The first-order valence-electron chi connectivity index (χ1n) is 6.83. The van der Waals surface area contributed by atoms with E-state index in [1.54, 1.807) is 17.4 Å². The quantitative estimate of drug-likeness (QED) is 0.839. The summed E-state index contributed by atoms with van der Waals surface area (Å²) in [5.74, 6) is -1.48. The van der Waals surface area contributed by atoms with Gasteiger partial charge in [-0.25, -0.2) is 0 Å². The summed E-state index contributed by atoms with van der Waals surface area (Å²) < 4.78 is 0. The van der Waals surface area contributed by atoms with E-state index in [-0.39, 0.29) is 11.9 Å². The van der Waals surface area contributed by atoms with Gasteiger partial charge in [-0.05, 0) is 42.9 Å². The molecule has 1 aliphatic carbocycles. The molecule has 20 heavy (non-hydrogen) atoms. The summed E-state index contributed by atoms with van der Waals surface area (Å²) in [6.07, 6.45) is 6.57. The Labute approximate surface area is 122 Å². The second-order valence-corrected chi connectivity index (χ2v) is 6.09. The van der Waals surface area contributed by atoms with Crippen LogP contribution in [-0.4, -0.2) is 23.0 Å². The van der Waals surface area contributed by atoms with E-state index in [4.69, 9.17) is 0 Å². The lowest BCUT2D eigenvalue weighted by Gasteiger charge is -2.28. The molecule has 0 aromatic carbocycles. The topological polar surface area (TPSA) is 66.4 Å². The lowest BCUT2D eigenvalue weighted by atomic mass is 9.84. The van der Waals surface area contributed by atoms with Gasteiger partial charge in [-0.15, -0.1) is 11.3 Å². The molecule has 1 saturated carbocycles. The van der Waals surface area contributed by atoms with Crippen LogP contribution in [0.25, 0.3) is 6.08 Å². The van der Waals surface area contributed by atoms with Gasteiger partial charge in [0.25, 0.3) is 0 Å². The monoisotopic (exact) mass is 293 g/mol. The van der Waals surface area contributed by atoms with E-state index in [2.05, 4.69) is 5.32 Å². The van der Waals surface area contributed by atoms with Crippen LogP contribution in [0.2, 0.25) is 0 Å². The lowest BCUT2D eigenvalue weighted by Crippen LogP contribution is -2.44. The number of thiophene rings is 1. The summed E-state index contributed by atoms with van der Waals surface area (Å²) in [6.45, 7) is 2.00. The standard InChI is InChI=1S/C15H19NO3S/c1-10-8-9-20-13(10)6-7-14(17)16-12-5-3-2-4-11(12)15(18)19/h6-9,11-12H,2-5H2,1H3,(H,16,17)(H,18,19). The molecular weight excluding hydrogens is 274 g/mol. The molecule has 0 aliphatic heterocycles. The molecule has 4 nitrogen and oxygen atoms in total. The van der Waals surface area contributed by atoms with Crippen LogP contribution < -0.4 is 5.32 Å². The number of hydrogen-bond donors (Lipinski definition) is 2. The number of hydrogen-bond acceptors (Lipinski definition) is 3. The summed E-state index contributed by atoms with van der Waals surface area (Å²) in [4.78, 5) is 24.1. The predicted octanol–water partition coefficient (Wildman–Crippen LogP) is 2.83. The molecule has 1 aromatic rings. The molecule has 0 saturated heterocycles. The summed E-state index contributed by atoms with van der Waals surface area (Å²) >= 11 is 1.58. The molecule has 2 unspecified atom stereocenters. The maximum Gasteiger partial charge on any atom is 0.308 e. The number of aliphatic carboxylic acids is 1. The van der Waals surface area contributed by atoms with E-state index in [1.807, 2.05) is 18.4 Å². The van der Waals surface area contributed by atoms with Crippen molar-refractivity contribution in [2.75, 3.05) is 0 Å². The first-order valence-corrected chi connectivity index (χ1v) is 7.71. The highest BCUT2D eigenvalue weighted by atomic mass is 32.1. The van der Waals surface area contributed by atoms with E-state index in [0.717, 1.165) is 29.7 Å². The summed E-state index contributed by atoms with van der Waals surface area (Å²) in [5, 5.41) is 14.0. The molecule has 1 heterocycles. The largest absolute Gasteiger partial charge is 0.481 e. The Kier molecular flexibility index (Phi) is 4.95. The molecule has 1 fully saturated rings. The molecule has 0 radical (unpaired) electrons. The van der Waals surface area contributed by atoms with Crippen LogP contribution in [0.5, 0.6) is 0 Å². The van der Waals surface area contributed by atoms with Crippen molar-refractivity contribution in [1.29, 1.82) is 0 Å². The minimum absolute atomic E-state index is 0.212. The van der Waals surface area contributed by atoms with E-state index >= 15 is 0 Å². The van der Waals surface area contributed by atoms with Crippen molar-refractivity contribution >= 4 is 29.3 Å². The highest BCUT2D eigenvalue weighted by Crippen LogP contribution is 2.24. The molecule has 1 aliphatic rings. The van der Waals surface area contributed by atoms with Gasteiger partial charge in [0, 0.05) is 17.0 Å². The van der Waals surface area contributed by atoms with Gasteiger partial charge in [-0.2, -0.15) is 0 Å². The van der Waals surface area contributed by atoms with Crippen molar-refractivity contribution < 1.29 is 14.7 Å². The molecule has 1 aromatic heterocycles. The van der Waals surface area contributed by atoms with Crippen LogP contribution in [0, 0.1) is 12.8 Å². The summed E-state index contributed by atoms with van der Waals surface area (Å²) in [5.41, 5.74) is 1.14. The van der Waals surface area contributed by atoms with Gasteiger partial charge in [0.1, 0.15) is 0 Å². The van der Waals surface area contributed by atoms with Crippen molar-refractivity contribution in [2.45, 2.75) is 38.6 Å². The summed E-state index contributed by atoms with van der Waals surface area (Å²) in [7, 11) is 0. The van der Waals surface area contributed by atoms with Gasteiger partial charge in [-0.3, -0.25) is 9.59 Å². The minimum Gasteiger partial charge on any atom is -0.481 e. The molecule has 2 N–H and O–H groups in total. The van der Waals surface area contributed by atoms with E-state index < -0.39 is 11.9 Å². The molecule has 2 atom stereocenters. The van der Waals surface area contributed by atoms with Gasteiger partial charge in [0.2, 0.25) is 5.91 Å². The number of carbonyl (C=O) groups is 2. The van der Waals surface area contributed by atoms with Crippen LogP contribution in [0.3, 0.4) is 0 Å². The van der Waals surface area contributed by atoms with Gasteiger partial charge < -0.3 is 10.4 Å². The molecule has 108 valence electrons. The number of carboxylic acid groups (broad SMARTS) is 1. The summed E-state index contributed by atoms with van der Waals surface area (Å²) in [6, 6.07) is 1.76. The highest BCUT2D eigenvalue weighted by Gasteiger charge is 2.31. The lowest BCUT2D eigenvalue weighted by molar-refractivity contribution is -0.144. The van der Waals surface area contributed by atoms with E-state index in [0.29, 0.717) is 6.42 Å². The van der Waals surface area contributed by atoms with E-state index in [9.17, 15) is 14.7 Å². The Bertz CT molecular complexity index is 521. The highest BCUT2D eigenvalue weighted by molar-refractivity contribution is 7.11. The minimum atomic E-state index is -0.812. The SMILES string of the molecule is Cc1ccsc1C=CC(=O)NC1CCCCC1C(=O)O. The molecule has 5 heteroatoms. The first kappa shape index (κ1) is 14.8.